The van der Waals surface area contributed by atoms with E-state index in [2.05, 4.69) is 15.1 Å². The average Bonchev–Trinajstić information content (AvgIpc) is 3.36. The van der Waals surface area contributed by atoms with Crippen LogP contribution in [-0.4, -0.2) is 15.3 Å². The minimum atomic E-state index is -0.383. The molecule has 0 atom stereocenters. The molecule has 4 rings (SSSR count). The van der Waals surface area contributed by atoms with Crippen LogP contribution in [-0.2, 0) is 11.3 Å². The Labute approximate surface area is 143 Å². The highest BCUT2D eigenvalue weighted by Crippen LogP contribution is 2.31. The zero-order valence-electron chi connectivity index (χ0n) is 13.4. The van der Waals surface area contributed by atoms with E-state index < -0.39 is 0 Å². The fraction of sp³-hybridized carbons (Fsp3) is 0.211. The number of fused-ring (bicyclic) bond motifs is 1. The number of nitrogens with zero attached hydrogens (tertiary/aromatic N) is 3. The SMILES string of the molecule is [C-]#[N+]Cc1ccc(-c2cccc3nc(NC(=O)C4CC4)cn23)c(F)c1. The summed E-state index contributed by atoms with van der Waals surface area (Å²) in [4.78, 5) is 19.6. The second-order valence-corrected chi connectivity index (χ2v) is 6.16. The molecule has 1 amide bonds. The van der Waals surface area contributed by atoms with Crippen molar-refractivity contribution in [3.05, 3.63) is 65.4 Å². The van der Waals surface area contributed by atoms with E-state index in [0.29, 0.717) is 28.3 Å². The van der Waals surface area contributed by atoms with Crippen molar-refractivity contribution >= 4 is 17.4 Å². The molecule has 1 aromatic carbocycles. The van der Waals surface area contributed by atoms with Gasteiger partial charge < -0.3 is 10.2 Å². The van der Waals surface area contributed by atoms with Crippen molar-refractivity contribution in [2.24, 2.45) is 5.92 Å². The monoisotopic (exact) mass is 334 g/mol. The van der Waals surface area contributed by atoms with Gasteiger partial charge in [-0.05, 0) is 37.1 Å². The topological polar surface area (TPSA) is 50.8 Å². The van der Waals surface area contributed by atoms with Crippen molar-refractivity contribution in [3.63, 3.8) is 0 Å². The molecule has 1 aliphatic carbocycles. The first-order valence-corrected chi connectivity index (χ1v) is 8.07. The molecule has 1 fully saturated rings. The summed E-state index contributed by atoms with van der Waals surface area (Å²) in [6.07, 6.45) is 3.55. The highest BCUT2D eigenvalue weighted by molar-refractivity contribution is 5.93. The number of rotatable bonds is 4. The van der Waals surface area contributed by atoms with Gasteiger partial charge in [0.1, 0.15) is 11.5 Å². The van der Waals surface area contributed by atoms with Crippen LogP contribution in [0, 0.1) is 18.3 Å². The number of hydrogen-bond donors (Lipinski definition) is 1. The van der Waals surface area contributed by atoms with Gasteiger partial charge in [-0.3, -0.25) is 9.20 Å². The average molecular weight is 334 g/mol. The Balaban J connectivity index is 1.73. The Kier molecular flexibility index (Phi) is 3.69. The summed E-state index contributed by atoms with van der Waals surface area (Å²) < 4.78 is 16.3. The number of imidazole rings is 1. The van der Waals surface area contributed by atoms with Crippen LogP contribution < -0.4 is 5.32 Å². The van der Waals surface area contributed by atoms with Crippen molar-refractivity contribution in [2.75, 3.05) is 5.32 Å². The maximum Gasteiger partial charge on any atom is 0.239 e. The number of hydrogen-bond acceptors (Lipinski definition) is 2. The quantitative estimate of drug-likeness (QED) is 0.736. The van der Waals surface area contributed by atoms with Crippen molar-refractivity contribution in [1.29, 1.82) is 0 Å². The highest BCUT2D eigenvalue weighted by atomic mass is 19.1. The first-order valence-electron chi connectivity index (χ1n) is 8.07. The number of anilines is 1. The molecule has 2 aromatic heterocycles. The van der Waals surface area contributed by atoms with Gasteiger partial charge in [0.05, 0.1) is 11.9 Å². The third-order valence-electron chi connectivity index (χ3n) is 4.26. The number of benzene rings is 1. The van der Waals surface area contributed by atoms with Crippen molar-refractivity contribution in [2.45, 2.75) is 19.4 Å². The zero-order valence-corrected chi connectivity index (χ0v) is 13.4. The van der Waals surface area contributed by atoms with E-state index in [1.807, 2.05) is 6.07 Å². The van der Waals surface area contributed by atoms with Gasteiger partial charge >= 0.3 is 0 Å². The molecule has 0 radical (unpaired) electrons. The lowest BCUT2D eigenvalue weighted by molar-refractivity contribution is -0.117. The molecule has 6 heteroatoms. The lowest BCUT2D eigenvalue weighted by atomic mass is 10.1. The molecule has 2 heterocycles. The molecular weight excluding hydrogens is 319 g/mol. The molecule has 0 unspecified atom stereocenters. The second kappa shape index (κ2) is 6.02. The second-order valence-electron chi connectivity index (χ2n) is 6.16. The van der Waals surface area contributed by atoms with Crippen LogP contribution in [0.5, 0.6) is 0 Å². The summed E-state index contributed by atoms with van der Waals surface area (Å²) in [6, 6.07) is 10.2. The van der Waals surface area contributed by atoms with Crippen LogP contribution >= 0.6 is 0 Å². The molecule has 25 heavy (non-hydrogen) atoms. The molecule has 0 spiro atoms. The first kappa shape index (κ1) is 15.3. The number of carbonyl (C=O) groups is 1. The predicted octanol–water partition coefficient (Wildman–Crippen LogP) is 3.91. The highest BCUT2D eigenvalue weighted by Gasteiger charge is 2.30. The van der Waals surface area contributed by atoms with Gasteiger partial charge in [-0.15, -0.1) is 0 Å². The number of amides is 1. The summed E-state index contributed by atoms with van der Waals surface area (Å²) in [5.41, 5.74) is 2.35. The summed E-state index contributed by atoms with van der Waals surface area (Å²) in [6.45, 7) is 7.04. The number of halogens is 1. The molecule has 1 aliphatic rings. The molecule has 0 aliphatic heterocycles. The van der Waals surface area contributed by atoms with Gasteiger partial charge in [-0.2, -0.15) is 0 Å². The summed E-state index contributed by atoms with van der Waals surface area (Å²) in [5.74, 6) is 0.164. The number of pyridine rings is 1. The van der Waals surface area contributed by atoms with E-state index in [-0.39, 0.29) is 24.2 Å². The van der Waals surface area contributed by atoms with Gasteiger partial charge in [-0.1, -0.05) is 12.1 Å². The van der Waals surface area contributed by atoms with Crippen LogP contribution in [0.4, 0.5) is 10.2 Å². The Morgan fingerprint density at radius 2 is 2.20 bits per heavy atom. The molecule has 5 nitrogen and oxygen atoms in total. The summed E-state index contributed by atoms with van der Waals surface area (Å²) in [5, 5.41) is 2.81. The van der Waals surface area contributed by atoms with E-state index >= 15 is 0 Å². The fourth-order valence-corrected chi connectivity index (χ4v) is 2.82. The Bertz CT molecular complexity index is 1010. The fourth-order valence-electron chi connectivity index (χ4n) is 2.82. The number of aromatic nitrogens is 2. The molecule has 0 bridgehead atoms. The lowest BCUT2D eigenvalue weighted by Crippen LogP contribution is -2.13. The van der Waals surface area contributed by atoms with Crippen LogP contribution in [0.25, 0.3) is 21.7 Å². The van der Waals surface area contributed by atoms with Gasteiger partial charge in [-0.25, -0.2) is 15.9 Å². The molecular formula is C19H15FN4O. The zero-order chi connectivity index (χ0) is 17.4. The van der Waals surface area contributed by atoms with Gasteiger partial charge in [0.15, 0.2) is 5.82 Å². The minimum absolute atomic E-state index is 0.0142. The van der Waals surface area contributed by atoms with Crippen LogP contribution in [0.15, 0.2) is 42.6 Å². The van der Waals surface area contributed by atoms with Crippen LogP contribution in [0.1, 0.15) is 18.4 Å². The standard InChI is InChI=1S/C19H15FN4O/c1-21-10-12-5-8-14(15(20)9-12)16-3-2-4-18-22-17(11-24(16)18)23-19(25)13-6-7-13/h2-5,8-9,11,13H,6-7,10H2,(H,23,25). The maximum absolute atomic E-state index is 14.5. The number of nitrogens with one attached hydrogen (secondary N) is 1. The van der Waals surface area contributed by atoms with Crippen molar-refractivity contribution in [1.82, 2.24) is 9.38 Å². The van der Waals surface area contributed by atoms with E-state index in [9.17, 15) is 9.18 Å². The third kappa shape index (κ3) is 2.96. The largest absolute Gasteiger partial charge is 0.312 e. The van der Waals surface area contributed by atoms with E-state index in [0.717, 1.165) is 12.8 Å². The molecule has 0 saturated heterocycles. The van der Waals surface area contributed by atoms with Crippen LogP contribution in [0.2, 0.25) is 0 Å². The number of carbonyl (C=O) groups excluding carboxylic acids is 1. The van der Waals surface area contributed by atoms with Crippen molar-refractivity contribution in [3.8, 4) is 11.3 Å². The molecule has 124 valence electrons. The lowest BCUT2D eigenvalue weighted by Gasteiger charge is -2.07. The van der Waals surface area contributed by atoms with Gasteiger partial charge in [0.25, 0.3) is 0 Å². The summed E-state index contributed by atoms with van der Waals surface area (Å²) in [7, 11) is 0. The third-order valence-corrected chi connectivity index (χ3v) is 4.26. The first-order chi connectivity index (χ1) is 12.2. The Morgan fingerprint density at radius 3 is 2.92 bits per heavy atom. The summed E-state index contributed by atoms with van der Waals surface area (Å²) >= 11 is 0. The van der Waals surface area contributed by atoms with Gasteiger partial charge in [0, 0.05) is 17.0 Å². The normalized spacial score (nSPS) is 13.6. The Morgan fingerprint density at radius 1 is 1.36 bits per heavy atom. The smallest absolute Gasteiger partial charge is 0.239 e. The van der Waals surface area contributed by atoms with E-state index in [1.54, 1.807) is 34.9 Å². The molecule has 1 saturated carbocycles. The minimum Gasteiger partial charge on any atom is -0.312 e. The van der Waals surface area contributed by atoms with Crippen molar-refractivity contribution < 1.29 is 9.18 Å². The predicted molar refractivity (Wildman–Crippen MR) is 92.2 cm³/mol. The van der Waals surface area contributed by atoms with E-state index in [1.165, 1.54) is 6.07 Å². The van der Waals surface area contributed by atoms with Gasteiger partial charge in [0.2, 0.25) is 12.5 Å². The maximum atomic E-state index is 14.5. The van der Waals surface area contributed by atoms with Crippen LogP contribution in [0.3, 0.4) is 0 Å². The molecule has 1 N–H and O–H groups in total. The molecule has 3 aromatic rings. The van der Waals surface area contributed by atoms with E-state index in [4.69, 9.17) is 6.57 Å². The Hall–Kier alpha value is -3.20.